The fourth-order valence-corrected chi connectivity index (χ4v) is 4.21. The molecule has 0 aromatic carbocycles. The van der Waals surface area contributed by atoms with Crippen LogP contribution in [0.4, 0.5) is 0 Å². The van der Waals surface area contributed by atoms with Crippen molar-refractivity contribution in [2.24, 2.45) is 44.4 Å². The predicted octanol–water partition coefficient (Wildman–Crippen LogP) is -6.39. The number of aliphatic hydroxyl groups excluding tert-OH is 1. The van der Waals surface area contributed by atoms with Crippen LogP contribution < -0.4 is 61.0 Å². The molecule has 0 rings (SSSR count). The minimum absolute atomic E-state index is 0.00967. The molecule has 0 aromatic heterocycles. The number of hydrogen-bond donors (Lipinski definition) is 14. The molecule has 0 bridgehead atoms. The Morgan fingerprint density at radius 3 is 1.56 bits per heavy atom. The molecule has 0 aliphatic rings. The molecule has 274 valence electrons. The molecule has 5 atom stereocenters. The monoisotopic (exact) mass is 705 g/mol. The van der Waals surface area contributed by atoms with Crippen LogP contribution >= 0.6 is 12.6 Å². The van der Waals surface area contributed by atoms with Crippen LogP contribution in [0.15, 0.2) is 9.98 Å². The molecule has 0 fully saturated rings. The lowest BCUT2D eigenvalue weighted by molar-refractivity contribution is -0.138. The van der Waals surface area contributed by atoms with Crippen molar-refractivity contribution in [3.63, 3.8) is 0 Å². The topological polar surface area (TPSA) is 384 Å². The number of carboxylic acids is 1. The van der Waals surface area contributed by atoms with Crippen LogP contribution in [0, 0.1) is 0 Å². The quantitative estimate of drug-likeness (QED) is 0.0182. The number of thiol groups is 1. The Balaban J connectivity index is 5.81. The van der Waals surface area contributed by atoms with Crippen LogP contribution in [0.3, 0.4) is 0 Å². The Morgan fingerprint density at radius 2 is 1.10 bits per heavy atom. The van der Waals surface area contributed by atoms with Crippen molar-refractivity contribution >= 4 is 60.1 Å². The van der Waals surface area contributed by atoms with E-state index in [2.05, 4.69) is 49.2 Å². The highest BCUT2D eigenvalue weighted by Crippen LogP contribution is 2.06. The molecule has 0 spiro atoms. The number of nitrogens with one attached hydrogen (secondary N) is 5. The number of unbranched alkanes of at least 4 members (excludes halogenated alkanes) is 1. The SMILES string of the molecule is NCCCCC(NC(=O)C(CO)NC(=O)C(N)CCCN=C(N)N)C(=O)NC(CCCN=C(N)N)C(=O)NC(CS)C(=O)NCC(=O)O. The molecule has 48 heavy (non-hydrogen) atoms. The van der Waals surface area contributed by atoms with Gasteiger partial charge in [-0.2, -0.15) is 12.6 Å². The average molecular weight is 706 g/mol. The van der Waals surface area contributed by atoms with Gasteiger partial charge in [-0.25, -0.2) is 0 Å². The van der Waals surface area contributed by atoms with E-state index in [-0.39, 0.29) is 56.4 Å². The van der Waals surface area contributed by atoms with Gasteiger partial charge in [-0.1, -0.05) is 0 Å². The standard InChI is InChI=1S/C26H51N13O8S/c27-8-2-1-6-15(37-24(47)17(12-40)38-20(43)14(28)5-3-9-33-25(29)30)22(45)36-16(7-4-10-34-26(31)32)23(46)39-18(13-48)21(44)35-11-19(41)42/h14-18,40,48H,1-13,27-28H2,(H,35,44)(H,36,45)(H,37,47)(H,38,43)(H,39,46)(H,41,42)(H4,29,30,33)(H4,31,32,34). The van der Waals surface area contributed by atoms with E-state index in [4.69, 9.17) is 39.5 Å². The zero-order valence-electron chi connectivity index (χ0n) is 26.7. The summed E-state index contributed by atoms with van der Waals surface area (Å²) in [5.74, 6) is -5.85. The molecule has 0 saturated heterocycles. The van der Waals surface area contributed by atoms with E-state index < -0.39 is 78.9 Å². The smallest absolute Gasteiger partial charge is 0.322 e. The third-order valence-corrected chi connectivity index (χ3v) is 6.87. The van der Waals surface area contributed by atoms with Crippen molar-refractivity contribution in [3.05, 3.63) is 0 Å². The van der Waals surface area contributed by atoms with Crippen molar-refractivity contribution in [2.45, 2.75) is 75.2 Å². The Labute approximate surface area is 283 Å². The number of aliphatic carboxylic acids is 1. The van der Waals surface area contributed by atoms with E-state index >= 15 is 0 Å². The van der Waals surface area contributed by atoms with Gasteiger partial charge in [0.1, 0.15) is 30.7 Å². The first-order valence-electron chi connectivity index (χ1n) is 15.2. The van der Waals surface area contributed by atoms with Gasteiger partial charge >= 0.3 is 5.97 Å². The lowest BCUT2D eigenvalue weighted by atomic mass is 10.1. The normalized spacial score (nSPS) is 13.8. The number of carboxylic acid groups (broad SMARTS) is 1. The van der Waals surface area contributed by atoms with E-state index in [0.29, 0.717) is 25.8 Å². The summed E-state index contributed by atoms with van der Waals surface area (Å²) >= 11 is 4.05. The summed E-state index contributed by atoms with van der Waals surface area (Å²) in [5.41, 5.74) is 32.7. The second-order valence-corrected chi connectivity index (χ2v) is 10.9. The first-order valence-corrected chi connectivity index (χ1v) is 15.8. The van der Waals surface area contributed by atoms with Crippen molar-refractivity contribution in [1.29, 1.82) is 0 Å². The van der Waals surface area contributed by atoms with E-state index in [9.17, 15) is 33.9 Å². The van der Waals surface area contributed by atoms with Crippen LogP contribution in [-0.4, -0.2) is 126 Å². The van der Waals surface area contributed by atoms with E-state index in [1.54, 1.807) is 0 Å². The number of guanidine groups is 2. The Hall–Kier alpha value is -4.41. The number of hydrogen-bond acceptors (Lipinski definition) is 12. The van der Waals surface area contributed by atoms with Gasteiger partial charge < -0.3 is 71.2 Å². The fraction of sp³-hybridized carbons (Fsp3) is 0.692. The first kappa shape index (κ1) is 43.6. The molecule has 5 amide bonds. The van der Waals surface area contributed by atoms with Crippen molar-refractivity contribution in [3.8, 4) is 0 Å². The van der Waals surface area contributed by atoms with Gasteiger partial charge in [0.2, 0.25) is 29.5 Å². The van der Waals surface area contributed by atoms with Gasteiger partial charge in [0.15, 0.2) is 11.9 Å². The van der Waals surface area contributed by atoms with Gasteiger partial charge in [0.25, 0.3) is 0 Å². The van der Waals surface area contributed by atoms with E-state index in [1.807, 2.05) is 0 Å². The molecule has 19 N–H and O–H groups in total. The minimum Gasteiger partial charge on any atom is -0.480 e. The highest BCUT2D eigenvalue weighted by Gasteiger charge is 2.31. The van der Waals surface area contributed by atoms with Gasteiger partial charge in [-0.05, 0) is 51.5 Å². The van der Waals surface area contributed by atoms with Crippen LogP contribution in [0.2, 0.25) is 0 Å². The molecule has 0 radical (unpaired) electrons. The molecular formula is C26H51N13O8S. The minimum atomic E-state index is -1.47. The zero-order valence-corrected chi connectivity index (χ0v) is 27.6. The lowest BCUT2D eigenvalue weighted by Gasteiger charge is -2.26. The molecule has 22 heteroatoms. The van der Waals surface area contributed by atoms with E-state index in [0.717, 1.165) is 0 Å². The summed E-state index contributed by atoms with van der Waals surface area (Å²) in [4.78, 5) is 83.2. The summed E-state index contributed by atoms with van der Waals surface area (Å²) in [5, 5.41) is 30.6. The summed E-state index contributed by atoms with van der Waals surface area (Å²) in [6.07, 6.45) is 1.70. The van der Waals surface area contributed by atoms with Crippen molar-refractivity contribution < 1.29 is 39.0 Å². The number of rotatable bonds is 25. The van der Waals surface area contributed by atoms with Crippen molar-refractivity contribution in [2.75, 3.05) is 38.5 Å². The van der Waals surface area contributed by atoms with E-state index in [1.165, 1.54) is 0 Å². The van der Waals surface area contributed by atoms with Crippen molar-refractivity contribution in [1.82, 2.24) is 26.6 Å². The number of amides is 5. The third kappa shape index (κ3) is 19.3. The molecule has 0 aromatic rings. The van der Waals surface area contributed by atoms with Crippen LogP contribution in [-0.2, 0) is 28.8 Å². The summed E-state index contributed by atoms with van der Waals surface area (Å²) < 4.78 is 0. The Morgan fingerprint density at radius 1 is 0.646 bits per heavy atom. The number of nitrogens with two attached hydrogens (primary N) is 6. The van der Waals surface area contributed by atoms with Gasteiger partial charge in [-0.3, -0.25) is 38.8 Å². The Bertz CT molecular complexity index is 1120. The van der Waals surface area contributed by atoms with Gasteiger partial charge in [-0.15, -0.1) is 0 Å². The number of carbonyl (C=O) groups excluding carboxylic acids is 5. The predicted molar refractivity (Wildman–Crippen MR) is 180 cm³/mol. The van der Waals surface area contributed by atoms with Gasteiger partial charge in [0.05, 0.1) is 12.6 Å². The molecule has 5 unspecified atom stereocenters. The molecular weight excluding hydrogens is 654 g/mol. The summed E-state index contributed by atoms with van der Waals surface area (Å²) in [6, 6.07) is -6.26. The number of nitrogens with zero attached hydrogens (tertiary/aromatic N) is 2. The average Bonchev–Trinajstić information content (AvgIpc) is 3.03. The lowest BCUT2D eigenvalue weighted by Crippen LogP contribution is -2.59. The largest absolute Gasteiger partial charge is 0.480 e. The molecule has 0 aliphatic carbocycles. The third-order valence-electron chi connectivity index (χ3n) is 6.51. The maximum absolute atomic E-state index is 13.5. The van der Waals surface area contributed by atoms with Crippen LogP contribution in [0.1, 0.15) is 44.9 Å². The maximum Gasteiger partial charge on any atom is 0.322 e. The maximum atomic E-state index is 13.5. The molecule has 0 aliphatic heterocycles. The number of aliphatic hydroxyl groups is 1. The first-order chi connectivity index (χ1) is 22.7. The second kappa shape index (κ2) is 24.7. The molecule has 21 nitrogen and oxygen atoms in total. The summed E-state index contributed by atoms with van der Waals surface area (Å²) in [7, 11) is 0. The van der Waals surface area contributed by atoms with Crippen LogP contribution in [0.25, 0.3) is 0 Å². The zero-order chi connectivity index (χ0) is 36.6. The Kier molecular flexibility index (Phi) is 22.4. The highest BCUT2D eigenvalue weighted by atomic mass is 32.1. The molecule has 0 heterocycles. The number of carbonyl (C=O) groups is 6. The van der Waals surface area contributed by atoms with Gasteiger partial charge in [0, 0.05) is 18.8 Å². The molecule has 0 saturated carbocycles. The van der Waals surface area contributed by atoms with Crippen LogP contribution in [0.5, 0.6) is 0 Å². The highest BCUT2D eigenvalue weighted by molar-refractivity contribution is 7.80. The summed E-state index contributed by atoms with van der Waals surface area (Å²) in [6.45, 7) is -0.887. The second-order valence-electron chi connectivity index (χ2n) is 10.5. The fourth-order valence-electron chi connectivity index (χ4n) is 3.95. The number of aliphatic imine (C=N–C) groups is 2.